The Morgan fingerprint density at radius 2 is 2.00 bits per heavy atom. The van der Waals surface area contributed by atoms with Gasteiger partial charge in [-0.1, -0.05) is 18.9 Å². The molecule has 2 N–H and O–H groups in total. The number of aromatic amines is 1. The zero-order valence-corrected chi connectivity index (χ0v) is 17.6. The van der Waals surface area contributed by atoms with E-state index in [1.165, 1.54) is 25.7 Å². The van der Waals surface area contributed by atoms with Crippen molar-refractivity contribution in [3.05, 3.63) is 61.5 Å². The number of hydrogen-bond acceptors (Lipinski definition) is 3. The Labute approximate surface area is 168 Å². The molecule has 3 rings (SSSR count). The molecule has 0 atom stereocenters. The first-order valence-corrected chi connectivity index (χ1v) is 10.2. The third kappa shape index (κ3) is 4.26. The van der Waals surface area contributed by atoms with Crippen molar-refractivity contribution in [2.45, 2.75) is 52.1 Å². The van der Waals surface area contributed by atoms with Crippen molar-refractivity contribution >= 4 is 27.5 Å². The molecule has 1 aliphatic rings. The van der Waals surface area contributed by atoms with Gasteiger partial charge in [0.15, 0.2) is 0 Å². The van der Waals surface area contributed by atoms with Crippen LogP contribution in [-0.2, 0) is 6.54 Å². The third-order valence-corrected chi connectivity index (χ3v) is 6.23. The van der Waals surface area contributed by atoms with Gasteiger partial charge in [-0.15, -0.1) is 0 Å². The first-order chi connectivity index (χ1) is 12.9. The van der Waals surface area contributed by atoms with E-state index >= 15 is 0 Å². The van der Waals surface area contributed by atoms with Crippen LogP contribution in [0.25, 0.3) is 0 Å². The largest absolute Gasteiger partial charge is 0.371 e. The molecule has 0 aliphatic heterocycles. The van der Waals surface area contributed by atoms with E-state index in [0.717, 1.165) is 21.4 Å². The predicted octanol–water partition coefficient (Wildman–Crippen LogP) is 4.06. The van der Waals surface area contributed by atoms with Crippen molar-refractivity contribution < 1.29 is 4.79 Å². The lowest BCUT2D eigenvalue weighted by Crippen LogP contribution is -2.30. The standard InChI is InChI=1S/C21H26BrN3O2/c1-13-11-14(2)24-21(27)17(13)12-23-20(26)16-9-6-10-18(19(16)22)25(3)15-7-4-5-8-15/h6,9-11,15H,4-5,7-8,12H2,1-3H3,(H,23,26)(H,24,27). The lowest BCUT2D eigenvalue weighted by atomic mass is 10.1. The first kappa shape index (κ1) is 19.7. The molecule has 27 heavy (non-hydrogen) atoms. The fraction of sp³-hybridized carbons (Fsp3) is 0.429. The van der Waals surface area contributed by atoms with Gasteiger partial charge in [0.2, 0.25) is 0 Å². The number of aryl methyl sites for hydroxylation is 2. The van der Waals surface area contributed by atoms with Crippen LogP contribution in [0.5, 0.6) is 0 Å². The Kier molecular flexibility index (Phi) is 6.05. The fourth-order valence-corrected chi connectivity index (χ4v) is 4.55. The normalized spacial score (nSPS) is 14.4. The summed E-state index contributed by atoms with van der Waals surface area (Å²) in [6.45, 7) is 3.94. The van der Waals surface area contributed by atoms with E-state index in [2.05, 4.69) is 38.2 Å². The van der Waals surface area contributed by atoms with Crippen LogP contribution in [-0.4, -0.2) is 24.0 Å². The van der Waals surface area contributed by atoms with Crippen molar-refractivity contribution in [1.82, 2.24) is 10.3 Å². The maximum absolute atomic E-state index is 12.8. The Morgan fingerprint density at radius 3 is 2.67 bits per heavy atom. The molecule has 0 unspecified atom stereocenters. The smallest absolute Gasteiger partial charge is 0.253 e. The number of pyridine rings is 1. The molecule has 0 radical (unpaired) electrons. The van der Waals surface area contributed by atoms with E-state index in [0.29, 0.717) is 17.2 Å². The minimum Gasteiger partial charge on any atom is -0.371 e. The van der Waals surface area contributed by atoms with Crippen molar-refractivity contribution in [2.75, 3.05) is 11.9 Å². The number of nitrogens with zero attached hydrogens (tertiary/aromatic N) is 1. The lowest BCUT2D eigenvalue weighted by molar-refractivity contribution is 0.0950. The number of H-pyrrole nitrogens is 1. The number of amides is 1. The van der Waals surface area contributed by atoms with Gasteiger partial charge >= 0.3 is 0 Å². The topological polar surface area (TPSA) is 65.2 Å². The quantitative estimate of drug-likeness (QED) is 0.749. The molecule has 2 aromatic rings. The highest BCUT2D eigenvalue weighted by Gasteiger charge is 2.23. The van der Waals surface area contributed by atoms with Crippen LogP contribution in [0, 0.1) is 13.8 Å². The number of carbonyl (C=O) groups excluding carboxylic acids is 1. The van der Waals surface area contributed by atoms with Crippen LogP contribution in [0.3, 0.4) is 0 Å². The second kappa shape index (κ2) is 8.30. The van der Waals surface area contributed by atoms with Gasteiger partial charge in [-0.05, 0) is 66.4 Å². The number of aromatic nitrogens is 1. The maximum atomic E-state index is 12.8. The van der Waals surface area contributed by atoms with E-state index in [4.69, 9.17) is 0 Å². The minimum atomic E-state index is -0.192. The molecule has 5 nitrogen and oxygen atoms in total. The van der Waals surface area contributed by atoms with Crippen LogP contribution in [0.4, 0.5) is 5.69 Å². The summed E-state index contributed by atoms with van der Waals surface area (Å²) >= 11 is 3.62. The highest BCUT2D eigenvalue weighted by atomic mass is 79.9. The predicted molar refractivity (Wildman–Crippen MR) is 113 cm³/mol. The number of rotatable bonds is 5. The summed E-state index contributed by atoms with van der Waals surface area (Å²) in [6.07, 6.45) is 4.90. The third-order valence-electron chi connectivity index (χ3n) is 5.39. The van der Waals surface area contributed by atoms with Gasteiger partial charge in [-0.25, -0.2) is 0 Å². The zero-order chi connectivity index (χ0) is 19.6. The van der Waals surface area contributed by atoms with Gasteiger partial charge in [-0.2, -0.15) is 0 Å². The molecule has 1 aromatic carbocycles. The molecule has 1 aromatic heterocycles. The Hall–Kier alpha value is -2.08. The van der Waals surface area contributed by atoms with E-state index in [1.807, 2.05) is 32.0 Å². The van der Waals surface area contributed by atoms with Crippen LogP contribution in [0.2, 0.25) is 0 Å². The van der Waals surface area contributed by atoms with Gasteiger partial charge in [0, 0.05) is 30.9 Å². The average Bonchev–Trinajstić information content (AvgIpc) is 3.15. The summed E-state index contributed by atoms with van der Waals surface area (Å²) in [5.74, 6) is -0.192. The molecule has 1 aliphatic carbocycles. The van der Waals surface area contributed by atoms with Crippen molar-refractivity contribution in [3.8, 4) is 0 Å². The molecule has 144 valence electrons. The van der Waals surface area contributed by atoms with Gasteiger partial charge in [0.25, 0.3) is 11.5 Å². The van der Waals surface area contributed by atoms with Gasteiger partial charge < -0.3 is 15.2 Å². The van der Waals surface area contributed by atoms with Crippen LogP contribution in [0.1, 0.15) is 52.9 Å². The zero-order valence-electron chi connectivity index (χ0n) is 16.1. The molecule has 1 heterocycles. The van der Waals surface area contributed by atoms with Gasteiger partial charge in [0.05, 0.1) is 15.7 Å². The number of hydrogen-bond donors (Lipinski definition) is 2. The number of benzene rings is 1. The number of nitrogens with one attached hydrogen (secondary N) is 2. The molecule has 6 heteroatoms. The van der Waals surface area contributed by atoms with E-state index < -0.39 is 0 Å². The highest BCUT2D eigenvalue weighted by Crippen LogP contribution is 2.34. The minimum absolute atomic E-state index is 0.151. The summed E-state index contributed by atoms with van der Waals surface area (Å²) in [4.78, 5) is 30.0. The van der Waals surface area contributed by atoms with Crippen LogP contribution < -0.4 is 15.8 Å². The van der Waals surface area contributed by atoms with Crippen molar-refractivity contribution in [2.24, 2.45) is 0 Å². The average molecular weight is 432 g/mol. The first-order valence-electron chi connectivity index (χ1n) is 9.37. The lowest BCUT2D eigenvalue weighted by Gasteiger charge is -2.28. The molecule has 0 spiro atoms. The molecular weight excluding hydrogens is 406 g/mol. The SMILES string of the molecule is Cc1cc(C)c(CNC(=O)c2cccc(N(C)C3CCCC3)c2Br)c(=O)[nH]1. The van der Waals surface area contributed by atoms with Gasteiger partial charge in [0.1, 0.15) is 0 Å². The summed E-state index contributed by atoms with van der Waals surface area (Å²) < 4.78 is 0.798. The van der Waals surface area contributed by atoms with E-state index in [1.54, 1.807) is 6.07 Å². The number of anilines is 1. The van der Waals surface area contributed by atoms with Crippen molar-refractivity contribution in [1.29, 1.82) is 0 Å². The maximum Gasteiger partial charge on any atom is 0.253 e. The second-order valence-electron chi connectivity index (χ2n) is 7.31. The highest BCUT2D eigenvalue weighted by molar-refractivity contribution is 9.10. The summed E-state index contributed by atoms with van der Waals surface area (Å²) in [7, 11) is 2.09. The molecule has 1 saturated carbocycles. The van der Waals surface area contributed by atoms with Crippen molar-refractivity contribution in [3.63, 3.8) is 0 Å². The molecule has 0 bridgehead atoms. The summed E-state index contributed by atoms with van der Waals surface area (Å²) in [5, 5.41) is 2.89. The van der Waals surface area contributed by atoms with Crippen LogP contribution >= 0.6 is 15.9 Å². The van der Waals surface area contributed by atoms with Gasteiger partial charge in [-0.3, -0.25) is 9.59 Å². The Morgan fingerprint density at radius 1 is 1.30 bits per heavy atom. The Balaban J connectivity index is 1.77. The molecule has 1 amide bonds. The number of carbonyl (C=O) groups is 1. The molecular formula is C21H26BrN3O2. The van der Waals surface area contributed by atoms with E-state index in [-0.39, 0.29) is 18.0 Å². The Bertz CT molecular complexity index is 901. The monoisotopic (exact) mass is 431 g/mol. The van der Waals surface area contributed by atoms with E-state index in [9.17, 15) is 9.59 Å². The number of halogens is 1. The summed E-state index contributed by atoms with van der Waals surface area (Å²) in [6, 6.07) is 8.18. The molecule has 1 fully saturated rings. The summed E-state index contributed by atoms with van der Waals surface area (Å²) in [5.41, 5.74) is 3.74. The van der Waals surface area contributed by atoms with Crippen LogP contribution in [0.15, 0.2) is 33.5 Å². The second-order valence-corrected chi connectivity index (χ2v) is 8.11. The molecule has 0 saturated heterocycles. The fourth-order valence-electron chi connectivity index (χ4n) is 3.82.